The first kappa shape index (κ1) is 12.7. The van der Waals surface area contributed by atoms with E-state index in [4.69, 9.17) is 29.7 Å². The summed E-state index contributed by atoms with van der Waals surface area (Å²) in [6.45, 7) is 0. The third-order valence-corrected chi connectivity index (χ3v) is 2.32. The van der Waals surface area contributed by atoms with Crippen LogP contribution in [0.3, 0.4) is 0 Å². The minimum absolute atomic E-state index is 0.198. The summed E-state index contributed by atoms with van der Waals surface area (Å²) >= 11 is 10.7. The van der Waals surface area contributed by atoms with Gasteiger partial charge in [0.2, 0.25) is 0 Å². The molecule has 86 valence electrons. The highest BCUT2D eigenvalue weighted by atomic mass is 35.5. The number of hydrogen-bond donors (Lipinski definition) is 3. The molecule has 7 heteroatoms. The lowest BCUT2D eigenvalue weighted by molar-refractivity contribution is 0.0601. The van der Waals surface area contributed by atoms with Gasteiger partial charge in [-0.3, -0.25) is 0 Å². The van der Waals surface area contributed by atoms with Crippen molar-refractivity contribution in [1.82, 2.24) is 5.43 Å². The van der Waals surface area contributed by atoms with Crippen molar-refractivity contribution in [1.29, 1.82) is 0 Å². The van der Waals surface area contributed by atoms with Crippen molar-refractivity contribution in [2.24, 2.45) is 5.84 Å². The quantitative estimate of drug-likeness (QED) is 0.322. The largest absolute Gasteiger partial charge is 0.465 e. The number of hydrazine groups is 1. The number of esters is 1. The molecule has 0 heterocycles. The summed E-state index contributed by atoms with van der Waals surface area (Å²) < 4.78 is 4.58. The summed E-state index contributed by atoms with van der Waals surface area (Å²) in [7, 11) is 1.30. The van der Waals surface area contributed by atoms with E-state index in [9.17, 15) is 4.79 Å². The zero-order chi connectivity index (χ0) is 12.1. The van der Waals surface area contributed by atoms with Gasteiger partial charge in [-0.1, -0.05) is 11.6 Å². The summed E-state index contributed by atoms with van der Waals surface area (Å²) in [6.07, 6.45) is 0. The second-order valence-corrected chi connectivity index (χ2v) is 3.60. The van der Waals surface area contributed by atoms with Crippen LogP contribution in [0.2, 0.25) is 5.02 Å². The van der Waals surface area contributed by atoms with Crippen molar-refractivity contribution in [3.05, 3.63) is 28.8 Å². The zero-order valence-electron chi connectivity index (χ0n) is 8.41. The van der Waals surface area contributed by atoms with Crippen molar-refractivity contribution in [3.63, 3.8) is 0 Å². The van der Waals surface area contributed by atoms with E-state index in [2.05, 4.69) is 15.5 Å². The predicted octanol–water partition coefficient (Wildman–Crippen LogP) is 1.29. The van der Waals surface area contributed by atoms with Gasteiger partial charge < -0.3 is 15.5 Å². The Morgan fingerprint density at radius 2 is 2.25 bits per heavy atom. The standard InChI is InChI=1S/C9H10ClN3O2S/c1-15-8(14)5-2-3-6(10)7(4-5)12-9(16)13-11/h2-4H,11H2,1H3,(H2,12,13,16). The van der Waals surface area contributed by atoms with Gasteiger partial charge in [-0.15, -0.1) is 0 Å². The molecule has 0 atom stereocenters. The van der Waals surface area contributed by atoms with E-state index in [-0.39, 0.29) is 5.11 Å². The van der Waals surface area contributed by atoms with Gasteiger partial charge in [-0.25, -0.2) is 10.6 Å². The van der Waals surface area contributed by atoms with Gasteiger partial charge in [0.15, 0.2) is 5.11 Å². The first-order valence-corrected chi connectivity index (χ1v) is 5.02. The monoisotopic (exact) mass is 259 g/mol. The van der Waals surface area contributed by atoms with Crippen molar-refractivity contribution >= 4 is 40.6 Å². The van der Waals surface area contributed by atoms with Crippen LogP contribution in [0.1, 0.15) is 10.4 Å². The van der Waals surface area contributed by atoms with E-state index in [1.807, 2.05) is 0 Å². The minimum Gasteiger partial charge on any atom is -0.465 e. The first-order valence-electron chi connectivity index (χ1n) is 4.24. The summed E-state index contributed by atoms with van der Waals surface area (Å²) in [5.41, 5.74) is 3.10. The summed E-state index contributed by atoms with van der Waals surface area (Å²) in [5.74, 6) is 4.65. The van der Waals surface area contributed by atoms with Crippen molar-refractivity contribution in [3.8, 4) is 0 Å². The van der Waals surface area contributed by atoms with E-state index in [0.717, 1.165) is 0 Å². The molecule has 1 aromatic carbocycles. The van der Waals surface area contributed by atoms with Crippen LogP contribution >= 0.6 is 23.8 Å². The lowest BCUT2D eigenvalue weighted by Crippen LogP contribution is -2.34. The van der Waals surface area contributed by atoms with Crippen LogP contribution in [0.5, 0.6) is 0 Å². The average Bonchev–Trinajstić information content (AvgIpc) is 2.30. The number of nitrogens with two attached hydrogens (primary N) is 1. The molecule has 0 aliphatic heterocycles. The Labute approximate surface area is 103 Å². The van der Waals surface area contributed by atoms with Crippen LogP contribution in [0, 0.1) is 0 Å². The molecular weight excluding hydrogens is 250 g/mol. The lowest BCUT2D eigenvalue weighted by Gasteiger charge is -2.09. The normalized spacial score (nSPS) is 9.44. The van der Waals surface area contributed by atoms with Gasteiger partial charge in [0, 0.05) is 0 Å². The molecule has 0 amide bonds. The highest BCUT2D eigenvalue weighted by molar-refractivity contribution is 7.80. The van der Waals surface area contributed by atoms with E-state index in [1.165, 1.54) is 13.2 Å². The third-order valence-electron chi connectivity index (χ3n) is 1.77. The molecule has 5 nitrogen and oxygen atoms in total. The van der Waals surface area contributed by atoms with Gasteiger partial charge in [-0.05, 0) is 30.4 Å². The number of carbonyl (C=O) groups excluding carboxylic acids is 1. The van der Waals surface area contributed by atoms with Crippen LogP contribution in [0.25, 0.3) is 0 Å². The Hall–Kier alpha value is -1.37. The molecule has 0 aromatic heterocycles. The molecule has 0 fully saturated rings. The molecule has 4 N–H and O–H groups in total. The Balaban J connectivity index is 2.99. The summed E-state index contributed by atoms with van der Waals surface area (Å²) in [5, 5.41) is 3.35. The van der Waals surface area contributed by atoms with E-state index in [0.29, 0.717) is 16.3 Å². The number of thiocarbonyl (C=S) groups is 1. The maximum Gasteiger partial charge on any atom is 0.337 e. The Kier molecular flexibility index (Phi) is 4.48. The molecule has 0 saturated carbocycles. The van der Waals surface area contributed by atoms with Crippen LogP contribution in [0.4, 0.5) is 5.69 Å². The fourth-order valence-electron chi connectivity index (χ4n) is 1.02. The van der Waals surface area contributed by atoms with Crippen LogP contribution in [-0.2, 0) is 4.74 Å². The number of rotatable bonds is 2. The molecule has 1 aromatic rings. The van der Waals surface area contributed by atoms with Crippen LogP contribution < -0.4 is 16.6 Å². The maximum atomic E-state index is 11.3. The topological polar surface area (TPSA) is 76.4 Å². The number of nitrogens with one attached hydrogen (secondary N) is 2. The number of hydrogen-bond acceptors (Lipinski definition) is 4. The molecule has 16 heavy (non-hydrogen) atoms. The van der Waals surface area contributed by atoms with E-state index < -0.39 is 5.97 Å². The fourth-order valence-corrected chi connectivity index (χ4v) is 1.30. The van der Waals surface area contributed by atoms with Gasteiger partial charge in [0.1, 0.15) is 0 Å². The highest BCUT2D eigenvalue weighted by Gasteiger charge is 2.09. The molecular formula is C9H10ClN3O2S. The van der Waals surface area contributed by atoms with Crippen molar-refractivity contribution in [2.75, 3.05) is 12.4 Å². The number of carbonyl (C=O) groups is 1. The molecule has 0 saturated heterocycles. The minimum atomic E-state index is -0.452. The third kappa shape index (κ3) is 3.06. The molecule has 0 aliphatic carbocycles. The van der Waals surface area contributed by atoms with Gasteiger partial charge in [-0.2, -0.15) is 0 Å². The maximum absolute atomic E-state index is 11.3. The summed E-state index contributed by atoms with van der Waals surface area (Å²) in [6, 6.07) is 4.64. The Morgan fingerprint density at radius 3 is 2.81 bits per heavy atom. The molecule has 0 unspecified atom stereocenters. The Morgan fingerprint density at radius 1 is 1.56 bits per heavy atom. The number of benzene rings is 1. The highest BCUT2D eigenvalue weighted by Crippen LogP contribution is 2.23. The SMILES string of the molecule is COC(=O)c1ccc(Cl)c(NC(=S)NN)c1. The average molecular weight is 260 g/mol. The molecule has 1 rings (SSSR count). The van der Waals surface area contributed by atoms with Gasteiger partial charge in [0.05, 0.1) is 23.4 Å². The van der Waals surface area contributed by atoms with Crippen LogP contribution in [0.15, 0.2) is 18.2 Å². The number of anilines is 1. The molecule has 0 aliphatic rings. The van der Waals surface area contributed by atoms with Crippen molar-refractivity contribution < 1.29 is 9.53 Å². The number of ether oxygens (including phenoxy) is 1. The number of methoxy groups -OCH3 is 1. The lowest BCUT2D eigenvalue weighted by atomic mass is 10.2. The van der Waals surface area contributed by atoms with Gasteiger partial charge in [0.25, 0.3) is 0 Å². The fraction of sp³-hybridized carbons (Fsp3) is 0.111. The smallest absolute Gasteiger partial charge is 0.337 e. The number of halogens is 1. The second-order valence-electron chi connectivity index (χ2n) is 2.78. The molecule has 0 bridgehead atoms. The van der Waals surface area contributed by atoms with Crippen LogP contribution in [-0.4, -0.2) is 18.2 Å². The molecule has 0 radical (unpaired) electrons. The molecule has 0 spiro atoms. The first-order chi connectivity index (χ1) is 7.58. The van der Waals surface area contributed by atoms with E-state index >= 15 is 0 Å². The van der Waals surface area contributed by atoms with E-state index in [1.54, 1.807) is 12.1 Å². The second kappa shape index (κ2) is 5.64. The zero-order valence-corrected chi connectivity index (χ0v) is 9.98. The summed E-state index contributed by atoms with van der Waals surface area (Å²) in [4.78, 5) is 11.3. The predicted molar refractivity (Wildman–Crippen MR) is 66.3 cm³/mol. The van der Waals surface area contributed by atoms with Crippen molar-refractivity contribution in [2.45, 2.75) is 0 Å². The van der Waals surface area contributed by atoms with Gasteiger partial charge >= 0.3 is 5.97 Å². The Bertz CT molecular complexity index is 425.